The summed E-state index contributed by atoms with van der Waals surface area (Å²) in [5.41, 5.74) is 0.464. The predicted octanol–water partition coefficient (Wildman–Crippen LogP) is 2.52. The van der Waals surface area contributed by atoms with E-state index in [1.807, 2.05) is 0 Å². The van der Waals surface area contributed by atoms with Gasteiger partial charge in [0.05, 0.1) is 6.61 Å². The van der Waals surface area contributed by atoms with Gasteiger partial charge in [-0.3, -0.25) is 0 Å². The zero-order valence-corrected chi connectivity index (χ0v) is 10.9. The number of ether oxygens (including phenoxy) is 2. The van der Waals surface area contributed by atoms with Gasteiger partial charge in [0.2, 0.25) is 5.88 Å². The number of nitriles is 1. The van der Waals surface area contributed by atoms with Crippen molar-refractivity contribution in [1.29, 1.82) is 5.26 Å². The molecule has 17 heavy (non-hydrogen) atoms. The van der Waals surface area contributed by atoms with Crippen LogP contribution < -0.4 is 4.74 Å². The molecule has 0 amide bonds. The Balaban J connectivity index is 1.96. The van der Waals surface area contributed by atoms with Crippen molar-refractivity contribution in [2.24, 2.45) is 5.92 Å². The molecule has 0 unspecified atom stereocenters. The molecule has 2 heterocycles. The molecule has 1 aromatic rings. The fourth-order valence-corrected chi connectivity index (χ4v) is 2.06. The van der Waals surface area contributed by atoms with Crippen LogP contribution in [0.5, 0.6) is 5.88 Å². The van der Waals surface area contributed by atoms with Gasteiger partial charge in [0, 0.05) is 23.9 Å². The van der Waals surface area contributed by atoms with Gasteiger partial charge in [-0.25, -0.2) is 4.98 Å². The molecule has 0 spiro atoms. The van der Waals surface area contributed by atoms with Gasteiger partial charge in [0.15, 0.2) is 0 Å². The average Bonchev–Trinajstić information content (AvgIpc) is 2.38. The zero-order valence-electron chi connectivity index (χ0n) is 9.36. The Morgan fingerprint density at radius 3 is 3.00 bits per heavy atom. The lowest BCUT2D eigenvalue weighted by atomic mass is 10.0. The highest BCUT2D eigenvalue weighted by Crippen LogP contribution is 2.21. The standard InChI is InChI=1S/C12H13BrN2O2/c13-11-5-10(6-14)12(15-7-11)17-8-9-1-3-16-4-2-9/h5,7,9H,1-4,8H2. The number of hydrogen-bond acceptors (Lipinski definition) is 4. The zero-order chi connectivity index (χ0) is 12.1. The summed E-state index contributed by atoms with van der Waals surface area (Å²) in [7, 11) is 0. The highest BCUT2D eigenvalue weighted by Gasteiger charge is 2.15. The summed E-state index contributed by atoms with van der Waals surface area (Å²) >= 11 is 3.28. The van der Waals surface area contributed by atoms with Crippen LogP contribution in [0.15, 0.2) is 16.7 Å². The van der Waals surface area contributed by atoms with Crippen LogP contribution in [-0.4, -0.2) is 24.8 Å². The van der Waals surface area contributed by atoms with Crippen LogP contribution in [0.25, 0.3) is 0 Å². The second kappa shape index (κ2) is 5.99. The molecular formula is C12H13BrN2O2. The molecular weight excluding hydrogens is 284 g/mol. The number of nitrogens with zero attached hydrogens (tertiary/aromatic N) is 2. The van der Waals surface area contributed by atoms with Crippen LogP contribution in [0.2, 0.25) is 0 Å². The van der Waals surface area contributed by atoms with Crippen molar-refractivity contribution in [3.05, 3.63) is 22.3 Å². The molecule has 0 atom stereocenters. The molecule has 0 N–H and O–H groups in total. The number of halogens is 1. The van der Waals surface area contributed by atoms with Crippen molar-refractivity contribution in [1.82, 2.24) is 4.98 Å². The molecule has 0 aliphatic carbocycles. The minimum atomic E-state index is 0.419. The van der Waals surface area contributed by atoms with Crippen molar-refractivity contribution >= 4 is 15.9 Å². The van der Waals surface area contributed by atoms with Crippen LogP contribution in [-0.2, 0) is 4.74 Å². The van der Waals surface area contributed by atoms with E-state index in [1.54, 1.807) is 12.3 Å². The predicted molar refractivity (Wildman–Crippen MR) is 65.7 cm³/mol. The lowest BCUT2D eigenvalue weighted by molar-refractivity contribution is 0.0490. The lowest BCUT2D eigenvalue weighted by Crippen LogP contribution is -2.21. The van der Waals surface area contributed by atoms with Crippen molar-refractivity contribution < 1.29 is 9.47 Å². The maximum Gasteiger partial charge on any atom is 0.231 e. The second-order valence-corrected chi connectivity index (χ2v) is 4.90. The van der Waals surface area contributed by atoms with E-state index in [1.165, 1.54) is 0 Å². The number of hydrogen-bond donors (Lipinski definition) is 0. The van der Waals surface area contributed by atoms with E-state index < -0.39 is 0 Å². The van der Waals surface area contributed by atoms with E-state index in [-0.39, 0.29) is 0 Å². The monoisotopic (exact) mass is 296 g/mol. The maximum atomic E-state index is 8.97. The second-order valence-electron chi connectivity index (χ2n) is 3.98. The highest BCUT2D eigenvalue weighted by molar-refractivity contribution is 9.10. The Bertz CT molecular complexity index is 425. The fourth-order valence-electron chi connectivity index (χ4n) is 1.73. The topological polar surface area (TPSA) is 55.1 Å². The van der Waals surface area contributed by atoms with Gasteiger partial charge in [0.1, 0.15) is 11.6 Å². The minimum Gasteiger partial charge on any atom is -0.476 e. The summed E-state index contributed by atoms with van der Waals surface area (Å²) < 4.78 is 11.7. The van der Waals surface area contributed by atoms with Gasteiger partial charge < -0.3 is 9.47 Å². The lowest BCUT2D eigenvalue weighted by Gasteiger charge is -2.21. The van der Waals surface area contributed by atoms with Gasteiger partial charge in [-0.1, -0.05) is 0 Å². The third-order valence-corrected chi connectivity index (χ3v) is 3.17. The van der Waals surface area contributed by atoms with Crippen molar-refractivity contribution in [3.63, 3.8) is 0 Å². The average molecular weight is 297 g/mol. The molecule has 2 rings (SSSR count). The SMILES string of the molecule is N#Cc1cc(Br)cnc1OCC1CCOCC1. The van der Waals surface area contributed by atoms with E-state index in [0.717, 1.165) is 30.5 Å². The molecule has 1 aromatic heterocycles. The van der Waals surface area contributed by atoms with E-state index >= 15 is 0 Å². The maximum absolute atomic E-state index is 8.97. The molecule has 5 heteroatoms. The Morgan fingerprint density at radius 2 is 2.29 bits per heavy atom. The van der Waals surface area contributed by atoms with Gasteiger partial charge in [-0.2, -0.15) is 5.26 Å². The Morgan fingerprint density at radius 1 is 1.53 bits per heavy atom. The molecule has 0 radical (unpaired) electrons. The first-order valence-corrected chi connectivity index (χ1v) is 6.35. The first-order chi connectivity index (χ1) is 8.29. The van der Waals surface area contributed by atoms with Crippen LogP contribution in [0.4, 0.5) is 0 Å². The molecule has 4 nitrogen and oxygen atoms in total. The van der Waals surface area contributed by atoms with Crippen LogP contribution >= 0.6 is 15.9 Å². The van der Waals surface area contributed by atoms with Gasteiger partial charge in [0.25, 0.3) is 0 Å². The van der Waals surface area contributed by atoms with Crippen LogP contribution in [0.1, 0.15) is 18.4 Å². The molecule has 90 valence electrons. The summed E-state index contributed by atoms with van der Waals surface area (Å²) in [6.45, 7) is 2.20. The fraction of sp³-hybridized carbons (Fsp3) is 0.500. The van der Waals surface area contributed by atoms with Gasteiger partial charge in [-0.15, -0.1) is 0 Å². The van der Waals surface area contributed by atoms with Crippen LogP contribution in [0.3, 0.4) is 0 Å². The molecule has 0 saturated carbocycles. The Hall–Kier alpha value is -1.12. The molecule has 1 saturated heterocycles. The van der Waals surface area contributed by atoms with E-state index in [4.69, 9.17) is 14.7 Å². The molecule has 1 aliphatic heterocycles. The summed E-state index contributed by atoms with van der Waals surface area (Å²) in [4.78, 5) is 4.11. The van der Waals surface area contributed by atoms with Gasteiger partial charge >= 0.3 is 0 Å². The van der Waals surface area contributed by atoms with Crippen LogP contribution in [0, 0.1) is 17.2 Å². The summed E-state index contributed by atoms with van der Waals surface area (Å²) in [6, 6.07) is 3.80. The summed E-state index contributed by atoms with van der Waals surface area (Å²) in [5, 5.41) is 8.97. The molecule has 0 aromatic carbocycles. The van der Waals surface area contributed by atoms with Gasteiger partial charge in [-0.05, 0) is 40.8 Å². The Labute approximate surface area is 109 Å². The molecule has 1 aliphatic rings. The number of aromatic nitrogens is 1. The van der Waals surface area contributed by atoms with Crippen molar-refractivity contribution in [3.8, 4) is 11.9 Å². The number of rotatable bonds is 3. The summed E-state index contributed by atoms with van der Waals surface area (Å²) in [6.07, 6.45) is 3.66. The highest BCUT2D eigenvalue weighted by atomic mass is 79.9. The quantitative estimate of drug-likeness (QED) is 0.860. The van der Waals surface area contributed by atoms with E-state index in [9.17, 15) is 0 Å². The molecule has 0 bridgehead atoms. The van der Waals surface area contributed by atoms with Crippen molar-refractivity contribution in [2.45, 2.75) is 12.8 Å². The van der Waals surface area contributed by atoms with Crippen molar-refractivity contribution in [2.75, 3.05) is 19.8 Å². The number of pyridine rings is 1. The minimum absolute atomic E-state index is 0.419. The normalized spacial score (nSPS) is 16.5. The first kappa shape index (κ1) is 12.3. The molecule has 1 fully saturated rings. The first-order valence-electron chi connectivity index (χ1n) is 5.56. The van der Waals surface area contributed by atoms with E-state index in [0.29, 0.717) is 24.0 Å². The largest absolute Gasteiger partial charge is 0.476 e. The smallest absolute Gasteiger partial charge is 0.231 e. The third kappa shape index (κ3) is 3.42. The third-order valence-electron chi connectivity index (χ3n) is 2.73. The summed E-state index contributed by atoms with van der Waals surface area (Å²) in [5.74, 6) is 0.919. The Kier molecular flexibility index (Phi) is 4.35. The van der Waals surface area contributed by atoms with E-state index in [2.05, 4.69) is 27.0 Å².